The molecular weight excluding hydrogens is 252 g/mol. The summed E-state index contributed by atoms with van der Waals surface area (Å²) in [6.45, 7) is 0. The van der Waals surface area contributed by atoms with Crippen LogP contribution in [-0.2, 0) is 0 Å². The predicted molar refractivity (Wildman–Crippen MR) is 59.5 cm³/mol. The van der Waals surface area contributed by atoms with E-state index >= 15 is 0 Å². The number of rotatable bonds is 2. The molecule has 4 nitrogen and oxygen atoms in total. The Morgan fingerprint density at radius 2 is 2.12 bits per heavy atom. The molecule has 88 valence electrons. The topological polar surface area (TPSA) is 57.8 Å². The first-order chi connectivity index (χ1) is 8.08. The minimum Gasteiger partial charge on any atom is -0.336 e. The Labute approximate surface area is 99.3 Å². The molecule has 0 saturated carbocycles. The van der Waals surface area contributed by atoms with Gasteiger partial charge in [-0.1, -0.05) is 11.6 Å². The third kappa shape index (κ3) is 2.42. The normalized spacial score (nSPS) is 10.3. The van der Waals surface area contributed by atoms with Crippen molar-refractivity contribution in [3.05, 3.63) is 51.5 Å². The van der Waals surface area contributed by atoms with Crippen LogP contribution in [0.1, 0.15) is 0 Å². The average Bonchev–Trinajstić information content (AvgIpc) is 2.28. The molecule has 0 atom stereocenters. The Morgan fingerprint density at radius 3 is 2.82 bits per heavy atom. The van der Waals surface area contributed by atoms with Crippen molar-refractivity contribution < 1.29 is 8.78 Å². The molecule has 0 aliphatic rings. The fourth-order valence-electron chi connectivity index (χ4n) is 1.19. The van der Waals surface area contributed by atoms with Crippen molar-refractivity contribution in [3.63, 3.8) is 0 Å². The van der Waals surface area contributed by atoms with Gasteiger partial charge in [-0.15, -0.1) is 0 Å². The van der Waals surface area contributed by atoms with Gasteiger partial charge in [-0.25, -0.2) is 13.8 Å². The van der Waals surface area contributed by atoms with Gasteiger partial charge in [-0.3, -0.25) is 4.79 Å². The summed E-state index contributed by atoms with van der Waals surface area (Å²) in [6, 6.07) is 2.97. The molecule has 0 bridgehead atoms. The summed E-state index contributed by atoms with van der Waals surface area (Å²) in [5, 5.41) is 2.31. The van der Waals surface area contributed by atoms with Crippen molar-refractivity contribution in [2.75, 3.05) is 5.32 Å². The lowest BCUT2D eigenvalue weighted by molar-refractivity contribution is 0.586. The van der Waals surface area contributed by atoms with Crippen LogP contribution in [0, 0.1) is 11.6 Å². The van der Waals surface area contributed by atoms with Crippen LogP contribution in [0.25, 0.3) is 0 Å². The zero-order valence-corrected chi connectivity index (χ0v) is 9.05. The van der Waals surface area contributed by atoms with E-state index in [-0.39, 0.29) is 16.5 Å². The minimum absolute atomic E-state index is 0.000856. The Balaban J connectivity index is 2.38. The molecule has 1 heterocycles. The van der Waals surface area contributed by atoms with Crippen LogP contribution < -0.4 is 10.9 Å². The summed E-state index contributed by atoms with van der Waals surface area (Å²) < 4.78 is 26.0. The highest BCUT2D eigenvalue weighted by Crippen LogP contribution is 2.22. The summed E-state index contributed by atoms with van der Waals surface area (Å²) in [5.41, 5.74) is -0.571. The summed E-state index contributed by atoms with van der Waals surface area (Å²) in [4.78, 5) is 17.1. The van der Waals surface area contributed by atoms with Gasteiger partial charge >= 0.3 is 0 Å². The van der Waals surface area contributed by atoms with E-state index in [9.17, 15) is 13.6 Å². The Morgan fingerprint density at radius 1 is 1.35 bits per heavy atom. The zero-order chi connectivity index (χ0) is 12.4. The number of nitrogens with one attached hydrogen (secondary N) is 2. The number of hydrogen-bond acceptors (Lipinski definition) is 3. The molecule has 0 unspecified atom stereocenters. The lowest BCUT2D eigenvalue weighted by Crippen LogP contribution is -2.10. The van der Waals surface area contributed by atoms with E-state index in [1.807, 2.05) is 0 Å². The third-order valence-corrected chi connectivity index (χ3v) is 2.33. The molecule has 1 aromatic heterocycles. The van der Waals surface area contributed by atoms with Crippen molar-refractivity contribution in [1.29, 1.82) is 0 Å². The first-order valence-corrected chi connectivity index (χ1v) is 4.91. The second kappa shape index (κ2) is 4.50. The first kappa shape index (κ1) is 11.5. The molecule has 0 aliphatic carbocycles. The fourth-order valence-corrected chi connectivity index (χ4v) is 1.34. The van der Waals surface area contributed by atoms with E-state index in [1.165, 1.54) is 6.07 Å². The fraction of sp³-hybridized carbons (Fsp3) is 0. The number of benzene rings is 1. The van der Waals surface area contributed by atoms with Crippen LogP contribution in [0.4, 0.5) is 20.3 Å². The molecule has 0 fully saturated rings. The van der Waals surface area contributed by atoms with Crippen molar-refractivity contribution in [2.24, 2.45) is 0 Å². The van der Waals surface area contributed by atoms with E-state index in [0.29, 0.717) is 6.07 Å². The number of anilines is 2. The molecule has 2 N–H and O–H groups in total. The van der Waals surface area contributed by atoms with Gasteiger partial charge in [0.2, 0.25) is 0 Å². The Bertz CT molecular complexity index is 615. The molecular formula is C10H6ClF2N3O. The van der Waals surface area contributed by atoms with Crippen LogP contribution in [0.5, 0.6) is 0 Å². The molecule has 2 aromatic rings. The molecule has 0 amide bonds. The summed E-state index contributed by atoms with van der Waals surface area (Å²) >= 11 is 5.66. The number of H-pyrrole nitrogens is 1. The summed E-state index contributed by atoms with van der Waals surface area (Å²) in [7, 11) is 0. The molecule has 1 aromatic carbocycles. The van der Waals surface area contributed by atoms with Crippen molar-refractivity contribution in [3.8, 4) is 0 Å². The number of nitrogens with zero attached hydrogens (tertiary/aromatic N) is 1. The molecule has 7 heteroatoms. The van der Waals surface area contributed by atoms with E-state index in [1.54, 1.807) is 0 Å². The second-order valence-electron chi connectivity index (χ2n) is 3.14. The highest BCUT2D eigenvalue weighted by atomic mass is 35.5. The van der Waals surface area contributed by atoms with E-state index < -0.39 is 17.2 Å². The summed E-state index contributed by atoms with van der Waals surface area (Å²) in [6.07, 6.45) is 1.12. The molecule has 0 radical (unpaired) electrons. The molecule has 0 saturated heterocycles. The van der Waals surface area contributed by atoms with E-state index in [4.69, 9.17) is 11.6 Å². The SMILES string of the molecule is O=c1[nH]cnc(Nc2ccc(F)cc2F)c1Cl. The Hall–Kier alpha value is -1.95. The maximum absolute atomic E-state index is 13.3. The van der Waals surface area contributed by atoms with E-state index in [2.05, 4.69) is 15.3 Å². The smallest absolute Gasteiger partial charge is 0.271 e. The maximum Gasteiger partial charge on any atom is 0.271 e. The van der Waals surface area contributed by atoms with Gasteiger partial charge in [0.05, 0.1) is 12.0 Å². The standard InChI is InChI=1S/C10H6ClF2N3O/c11-8-9(14-4-15-10(8)17)16-7-2-1-5(12)3-6(7)13/h1-4H,(H2,14,15,16,17). The second-order valence-corrected chi connectivity index (χ2v) is 3.52. The van der Waals surface area contributed by atoms with E-state index in [0.717, 1.165) is 12.4 Å². The van der Waals surface area contributed by atoms with Crippen LogP contribution in [0.2, 0.25) is 5.02 Å². The number of hydrogen-bond donors (Lipinski definition) is 2. The van der Waals surface area contributed by atoms with Gasteiger partial charge in [0.25, 0.3) is 5.56 Å². The van der Waals surface area contributed by atoms with Crippen LogP contribution >= 0.6 is 11.6 Å². The highest BCUT2D eigenvalue weighted by molar-refractivity contribution is 6.32. The number of aromatic amines is 1. The van der Waals surface area contributed by atoms with Gasteiger partial charge in [-0.05, 0) is 12.1 Å². The molecule has 0 aliphatic heterocycles. The van der Waals surface area contributed by atoms with Gasteiger partial charge < -0.3 is 10.3 Å². The lowest BCUT2D eigenvalue weighted by Gasteiger charge is -2.07. The highest BCUT2D eigenvalue weighted by Gasteiger charge is 2.09. The first-order valence-electron chi connectivity index (χ1n) is 4.53. The van der Waals surface area contributed by atoms with Gasteiger partial charge in [-0.2, -0.15) is 0 Å². The van der Waals surface area contributed by atoms with Crippen LogP contribution in [0.3, 0.4) is 0 Å². The van der Waals surface area contributed by atoms with Crippen molar-refractivity contribution in [2.45, 2.75) is 0 Å². The van der Waals surface area contributed by atoms with Gasteiger partial charge in [0.1, 0.15) is 16.7 Å². The van der Waals surface area contributed by atoms with Crippen LogP contribution in [-0.4, -0.2) is 9.97 Å². The summed E-state index contributed by atoms with van der Waals surface area (Å²) in [5.74, 6) is -1.50. The monoisotopic (exact) mass is 257 g/mol. The Kier molecular flexibility index (Phi) is 3.06. The quantitative estimate of drug-likeness (QED) is 0.869. The molecule has 17 heavy (non-hydrogen) atoms. The predicted octanol–water partition coefficient (Wildman–Crippen LogP) is 2.45. The molecule has 0 spiro atoms. The van der Waals surface area contributed by atoms with Crippen molar-refractivity contribution in [1.82, 2.24) is 9.97 Å². The van der Waals surface area contributed by atoms with Crippen LogP contribution in [0.15, 0.2) is 29.3 Å². The lowest BCUT2D eigenvalue weighted by atomic mass is 10.3. The zero-order valence-electron chi connectivity index (χ0n) is 8.30. The molecule has 2 rings (SSSR count). The maximum atomic E-state index is 13.3. The largest absolute Gasteiger partial charge is 0.336 e. The number of halogens is 3. The van der Waals surface area contributed by atoms with Crippen molar-refractivity contribution >= 4 is 23.1 Å². The number of aromatic nitrogens is 2. The third-order valence-electron chi connectivity index (χ3n) is 1.98. The average molecular weight is 258 g/mol. The minimum atomic E-state index is -0.803. The van der Waals surface area contributed by atoms with Gasteiger partial charge in [0.15, 0.2) is 5.82 Å². The van der Waals surface area contributed by atoms with Gasteiger partial charge in [0, 0.05) is 6.07 Å².